The largest absolute Gasteiger partial charge is 0.391 e. The molecule has 0 saturated heterocycles. The molecule has 1 rings (SSSR count). The maximum absolute atomic E-state index is 12.1. The summed E-state index contributed by atoms with van der Waals surface area (Å²) in [4.78, 5) is 0. The second-order valence-corrected chi connectivity index (χ2v) is 6.55. The van der Waals surface area contributed by atoms with E-state index in [1.807, 2.05) is 13.0 Å². The molecule has 0 spiro atoms. The van der Waals surface area contributed by atoms with Crippen LogP contribution < -0.4 is 0 Å². The minimum atomic E-state index is -3.28. The molecule has 1 N–H and O–H groups in total. The van der Waals surface area contributed by atoms with Crippen molar-refractivity contribution in [3.8, 4) is 0 Å². The van der Waals surface area contributed by atoms with Crippen molar-refractivity contribution in [2.24, 2.45) is 0 Å². The van der Waals surface area contributed by atoms with Crippen LogP contribution in [0.4, 0.5) is 0 Å². The average molecular weight is 256 g/mol. The standard InChI is InChI=1S/C13H20O3S/c1-3-8-12(14)13(17(15,16)4-2)11-9-6-5-7-10-11/h5-7,9-10,12-14H,3-4,8H2,1-2H3/t12-,13+/m1/s1. The van der Waals surface area contributed by atoms with Crippen molar-refractivity contribution in [3.63, 3.8) is 0 Å². The number of aliphatic hydroxyl groups is 1. The molecule has 1 aromatic rings. The van der Waals surface area contributed by atoms with Crippen molar-refractivity contribution in [3.05, 3.63) is 35.9 Å². The van der Waals surface area contributed by atoms with Crippen LogP contribution >= 0.6 is 0 Å². The Kier molecular flexibility index (Phi) is 5.15. The van der Waals surface area contributed by atoms with Crippen molar-refractivity contribution >= 4 is 9.84 Å². The lowest BCUT2D eigenvalue weighted by molar-refractivity contribution is 0.157. The van der Waals surface area contributed by atoms with E-state index in [1.165, 1.54) is 0 Å². The third-order valence-corrected chi connectivity index (χ3v) is 5.02. The summed E-state index contributed by atoms with van der Waals surface area (Å²) in [5, 5.41) is 9.25. The second kappa shape index (κ2) is 6.17. The molecule has 1 aromatic carbocycles. The first-order valence-electron chi connectivity index (χ1n) is 5.97. The molecule has 0 aliphatic rings. The van der Waals surface area contributed by atoms with E-state index < -0.39 is 21.2 Å². The summed E-state index contributed by atoms with van der Waals surface area (Å²) in [6.07, 6.45) is 0.440. The van der Waals surface area contributed by atoms with E-state index in [1.54, 1.807) is 31.2 Å². The van der Waals surface area contributed by atoms with Crippen molar-refractivity contribution in [1.29, 1.82) is 0 Å². The Balaban J connectivity index is 3.12. The third-order valence-electron chi connectivity index (χ3n) is 2.85. The fraction of sp³-hybridized carbons (Fsp3) is 0.538. The summed E-state index contributed by atoms with van der Waals surface area (Å²) in [7, 11) is -3.28. The Morgan fingerprint density at radius 1 is 1.18 bits per heavy atom. The lowest BCUT2D eigenvalue weighted by Gasteiger charge is -2.22. The van der Waals surface area contributed by atoms with Crippen LogP contribution in [0, 0.1) is 0 Å². The summed E-state index contributed by atoms with van der Waals surface area (Å²) < 4.78 is 24.1. The molecule has 4 heteroatoms. The fourth-order valence-corrected chi connectivity index (χ4v) is 3.48. The summed E-state index contributed by atoms with van der Waals surface area (Å²) in [5.74, 6) is 0.0489. The number of hydrogen-bond donors (Lipinski definition) is 1. The van der Waals surface area contributed by atoms with Crippen molar-refractivity contribution < 1.29 is 13.5 Å². The normalized spacial score (nSPS) is 15.5. The van der Waals surface area contributed by atoms with Crippen LogP contribution in [-0.4, -0.2) is 25.4 Å². The molecule has 0 saturated carbocycles. The fourth-order valence-electron chi connectivity index (χ4n) is 1.94. The highest BCUT2D eigenvalue weighted by Gasteiger charge is 2.31. The molecule has 96 valence electrons. The zero-order chi connectivity index (χ0) is 12.9. The highest BCUT2D eigenvalue weighted by Crippen LogP contribution is 2.28. The lowest BCUT2D eigenvalue weighted by atomic mass is 10.0. The van der Waals surface area contributed by atoms with Crippen molar-refractivity contribution in [1.82, 2.24) is 0 Å². The number of aliphatic hydroxyl groups excluding tert-OH is 1. The summed E-state index contributed by atoms with van der Waals surface area (Å²) in [5.41, 5.74) is 0.676. The summed E-state index contributed by atoms with van der Waals surface area (Å²) in [6.45, 7) is 3.55. The predicted octanol–water partition coefficient (Wildman–Crippen LogP) is 2.32. The highest BCUT2D eigenvalue weighted by atomic mass is 32.2. The maximum atomic E-state index is 12.1. The maximum Gasteiger partial charge on any atom is 0.159 e. The van der Waals surface area contributed by atoms with Gasteiger partial charge in [-0.05, 0) is 12.0 Å². The van der Waals surface area contributed by atoms with Crippen LogP contribution in [0.1, 0.15) is 37.5 Å². The van der Waals surface area contributed by atoms with Gasteiger partial charge in [-0.1, -0.05) is 50.6 Å². The van der Waals surface area contributed by atoms with Crippen LogP contribution in [0.25, 0.3) is 0 Å². The van der Waals surface area contributed by atoms with E-state index in [-0.39, 0.29) is 5.75 Å². The third kappa shape index (κ3) is 3.54. The second-order valence-electron chi connectivity index (χ2n) is 4.14. The van der Waals surface area contributed by atoms with Gasteiger partial charge in [-0.25, -0.2) is 8.42 Å². The number of rotatable bonds is 6. The minimum Gasteiger partial charge on any atom is -0.391 e. The van der Waals surface area contributed by atoms with Crippen LogP contribution in [0.5, 0.6) is 0 Å². The molecular weight excluding hydrogens is 236 g/mol. The zero-order valence-corrected chi connectivity index (χ0v) is 11.2. The Morgan fingerprint density at radius 2 is 1.76 bits per heavy atom. The molecule has 0 fully saturated rings. The van der Waals surface area contributed by atoms with Gasteiger partial charge in [0.1, 0.15) is 5.25 Å². The molecule has 0 radical (unpaired) electrons. The highest BCUT2D eigenvalue weighted by molar-refractivity contribution is 7.91. The van der Waals surface area contributed by atoms with E-state index in [2.05, 4.69) is 0 Å². The molecule has 0 unspecified atom stereocenters. The molecule has 0 heterocycles. The van der Waals surface area contributed by atoms with Crippen LogP contribution in [0.3, 0.4) is 0 Å². The van der Waals surface area contributed by atoms with Gasteiger partial charge in [-0.2, -0.15) is 0 Å². The van der Waals surface area contributed by atoms with E-state index in [0.29, 0.717) is 12.0 Å². The van der Waals surface area contributed by atoms with E-state index in [9.17, 15) is 13.5 Å². The zero-order valence-electron chi connectivity index (χ0n) is 10.3. The molecule has 3 nitrogen and oxygen atoms in total. The monoisotopic (exact) mass is 256 g/mol. The van der Waals surface area contributed by atoms with Gasteiger partial charge in [0, 0.05) is 5.75 Å². The van der Waals surface area contributed by atoms with Gasteiger partial charge in [0.05, 0.1) is 6.10 Å². The van der Waals surface area contributed by atoms with E-state index in [4.69, 9.17) is 0 Å². The van der Waals surface area contributed by atoms with E-state index >= 15 is 0 Å². The Hall–Kier alpha value is -0.870. The first kappa shape index (κ1) is 14.2. The molecular formula is C13H20O3S. The first-order valence-corrected chi connectivity index (χ1v) is 7.69. The van der Waals surface area contributed by atoms with Crippen LogP contribution in [0.15, 0.2) is 30.3 Å². The van der Waals surface area contributed by atoms with Gasteiger partial charge in [-0.3, -0.25) is 0 Å². The predicted molar refractivity (Wildman–Crippen MR) is 69.6 cm³/mol. The van der Waals surface area contributed by atoms with Gasteiger partial charge >= 0.3 is 0 Å². The van der Waals surface area contributed by atoms with Crippen molar-refractivity contribution in [2.75, 3.05) is 5.75 Å². The van der Waals surface area contributed by atoms with Crippen LogP contribution in [-0.2, 0) is 9.84 Å². The van der Waals surface area contributed by atoms with Gasteiger partial charge < -0.3 is 5.11 Å². The average Bonchev–Trinajstić information content (AvgIpc) is 2.30. The quantitative estimate of drug-likeness (QED) is 0.850. The molecule has 0 bridgehead atoms. The Bertz CT molecular complexity index is 425. The summed E-state index contributed by atoms with van der Waals surface area (Å²) in [6, 6.07) is 8.96. The number of hydrogen-bond acceptors (Lipinski definition) is 3. The topological polar surface area (TPSA) is 54.4 Å². The molecule has 0 aliphatic carbocycles. The molecule has 0 amide bonds. The number of sulfone groups is 1. The number of benzene rings is 1. The Labute approximate surface area is 103 Å². The lowest BCUT2D eigenvalue weighted by Crippen LogP contribution is -2.27. The van der Waals surface area contributed by atoms with Gasteiger partial charge in [0.2, 0.25) is 0 Å². The SMILES string of the molecule is CCC[C@@H](O)[C@H](c1ccccc1)S(=O)(=O)CC. The molecule has 2 atom stereocenters. The van der Waals surface area contributed by atoms with Gasteiger partial charge in [0.15, 0.2) is 9.84 Å². The smallest absolute Gasteiger partial charge is 0.159 e. The van der Waals surface area contributed by atoms with E-state index in [0.717, 1.165) is 6.42 Å². The molecule has 0 aliphatic heterocycles. The molecule has 17 heavy (non-hydrogen) atoms. The van der Waals surface area contributed by atoms with Crippen molar-refractivity contribution in [2.45, 2.75) is 38.0 Å². The van der Waals surface area contributed by atoms with Gasteiger partial charge in [0.25, 0.3) is 0 Å². The van der Waals surface area contributed by atoms with Crippen LogP contribution in [0.2, 0.25) is 0 Å². The summed E-state index contributed by atoms with van der Waals surface area (Å²) >= 11 is 0. The Morgan fingerprint density at radius 3 is 2.24 bits per heavy atom. The molecule has 0 aromatic heterocycles. The first-order chi connectivity index (χ1) is 8.03. The minimum absolute atomic E-state index is 0.0489. The van der Waals surface area contributed by atoms with Gasteiger partial charge in [-0.15, -0.1) is 0 Å².